The van der Waals surface area contributed by atoms with Crippen molar-refractivity contribution in [2.75, 3.05) is 7.11 Å². The van der Waals surface area contributed by atoms with Crippen molar-refractivity contribution in [1.29, 1.82) is 0 Å². The van der Waals surface area contributed by atoms with Crippen molar-refractivity contribution in [3.05, 3.63) is 40.7 Å². The molecule has 2 heterocycles. The Labute approximate surface area is 132 Å². The van der Waals surface area contributed by atoms with Gasteiger partial charge >= 0.3 is 5.97 Å². The van der Waals surface area contributed by atoms with Crippen LogP contribution in [-0.2, 0) is 24.0 Å². The van der Waals surface area contributed by atoms with Gasteiger partial charge in [-0.1, -0.05) is 26.2 Å². The van der Waals surface area contributed by atoms with Crippen molar-refractivity contribution in [2.45, 2.75) is 58.3 Å². The third-order valence-electron chi connectivity index (χ3n) is 4.74. The summed E-state index contributed by atoms with van der Waals surface area (Å²) in [6.45, 7) is 2.20. The minimum absolute atomic E-state index is 0.208. The zero-order chi connectivity index (χ0) is 15.5. The van der Waals surface area contributed by atoms with Crippen LogP contribution in [0.5, 0.6) is 0 Å². The normalized spacial score (nSPS) is 15.2. The van der Waals surface area contributed by atoms with Crippen LogP contribution in [0, 0.1) is 0 Å². The molecule has 3 rings (SSSR count). The fourth-order valence-electron chi connectivity index (χ4n) is 3.68. The van der Waals surface area contributed by atoms with Crippen LogP contribution >= 0.6 is 0 Å². The molecule has 1 aliphatic carbocycles. The first kappa shape index (κ1) is 15.1. The lowest BCUT2D eigenvalue weighted by Gasteiger charge is -2.10. The largest absolute Gasteiger partial charge is 0.464 e. The lowest BCUT2D eigenvalue weighted by molar-refractivity contribution is 0.0591. The maximum absolute atomic E-state index is 12.3. The SMILES string of the molecule is CCCc1ccn2c(C(=O)OC)c3c(c2c1)CCCCCC3. The maximum atomic E-state index is 12.3. The quantitative estimate of drug-likeness (QED) is 0.789. The van der Waals surface area contributed by atoms with Crippen LogP contribution in [-0.4, -0.2) is 17.5 Å². The summed E-state index contributed by atoms with van der Waals surface area (Å²) < 4.78 is 7.12. The number of hydrogen-bond donors (Lipinski definition) is 0. The van der Waals surface area contributed by atoms with E-state index in [1.165, 1.54) is 48.6 Å². The van der Waals surface area contributed by atoms with Crippen molar-refractivity contribution < 1.29 is 9.53 Å². The summed E-state index contributed by atoms with van der Waals surface area (Å²) in [4.78, 5) is 12.3. The van der Waals surface area contributed by atoms with Crippen LogP contribution in [0.1, 0.15) is 66.2 Å². The predicted octanol–water partition coefficient (Wildman–Crippen LogP) is 4.34. The van der Waals surface area contributed by atoms with E-state index in [2.05, 4.69) is 29.7 Å². The number of carbonyl (C=O) groups excluding carboxylic acids is 1. The van der Waals surface area contributed by atoms with Gasteiger partial charge < -0.3 is 9.14 Å². The van der Waals surface area contributed by atoms with E-state index in [0.29, 0.717) is 0 Å². The molecule has 0 saturated carbocycles. The number of carbonyl (C=O) groups is 1. The molecule has 3 heteroatoms. The van der Waals surface area contributed by atoms with Crippen LogP contribution in [0.25, 0.3) is 5.52 Å². The summed E-state index contributed by atoms with van der Waals surface area (Å²) in [5.41, 5.74) is 5.91. The fourth-order valence-corrected chi connectivity index (χ4v) is 3.68. The molecule has 0 spiro atoms. The van der Waals surface area contributed by atoms with Gasteiger partial charge in [-0.25, -0.2) is 4.79 Å². The van der Waals surface area contributed by atoms with E-state index in [4.69, 9.17) is 4.74 Å². The lowest BCUT2D eigenvalue weighted by atomic mass is 9.94. The zero-order valence-electron chi connectivity index (χ0n) is 13.7. The molecule has 0 atom stereocenters. The second-order valence-electron chi connectivity index (χ2n) is 6.25. The van der Waals surface area contributed by atoms with Crippen LogP contribution in [0.4, 0.5) is 0 Å². The van der Waals surface area contributed by atoms with Crippen LogP contribution in [0.2, 0.25) is 0 Å². The van der Waals surface area contributed by atoms with Gasteiger partial charge in [0.1, 0.15) is 5.69 Å². The Balaban J connectivity index is 2.22. The highest BCUT2D eigenvalue weighted by atomic mass is 16.5. The summed E-state index contributed by atoms with van der Waals surface area (Å²) in [5.74, 6) is -0.208. The first-order valence-electron chi connectivity index (χ1n) is 8.49. The van der Waals surface area contributed by atoms with E-state index >= 15 is 0 Å². The smallest absolute Gasteiger partial charge is 0.355 e. The first-order chi connectivity index (χ1) is 10.8. The molecule has 0 aromatic carbocycles. The Kier molecular flexibility index (Phi) is 4.51. The van der Waals surface area contributed by atoms with Gasteiger partial charge in [0, 0.05) is 11.7 Å². The molecule has 22 heavy (non-hydrogen) atoms. The highest BCUT2D eigenvalue weighted by molar-refractivity contribution is 5.92. The molecule has 0 N–H and O–H groups in total. The number of esters is 1. The summed E-state index contributed by atoms with van der Waals surface area (Å²) >= 11 is 0. The number of ether oxygens (including phenoxy) is 1. The zero-order valence-corrected chi connectivity index (χ0v) is 13.7. The van der Waals surface area contributed by atoms with E-state index in [9.17, 15) is 4.79 Å². The average Bonchev–Trinajstić information content (AvgIpc) is 2.79. The van der Waals surface area contributed by atoms with E-state index in [1.54, 1.807) is 0 Å². The van der Waals surface area contributed by atoms with Gasteiger partial charge in [0.25, 0.3) is 0 Å². The number of rotatable bonds is 3. The van der Waals surface area contributed by atoms with Gasteiger partial charge in [0.2, 0.25) is 0 Å². The van der Waals surface area contributed by atoms with E-state index in [1.807, 2.05) is 0 Å². The Morgan fingerprint density at radius 3 is 2.59 bits per heavy atom. The van der Waals surface area contributed by atoms with Crippen molar-refractivity contribution >= 4 is 11.5 Å². The Bertz CT molecular complexity index is 684. The van der Waals surface area contributed by atoms with Crippen molar-refractivity contribution in [1.82, 2.24) is 4.40 Å². The number of pyridine rings is 1. The fraction of sp³-hybridized carbons (Fsp3) is 0.526. The number of methoxy groups -OCH3 is 1. The molecule has 1 aliphatic rings. The van der Waals surface area contributed by atoms with Crippen LogP contribution < -0.4 is 0 Å². The van der Waals surface area contributed by atoms with Gasteiger partial charge in [-0.3, -0.25) is 0 Å². The number of hydrogen-bond acceptors (Lipinski definition) is 2. The van der Waals surface area contributed by atoms with Gasteiger partial charge in [-0.05, 0) is 60.9 Å². The monoisotopic (exact) mass is 299 g/mol. The first-order valence-corrected chi connectivity index (χ1v) is 8.49. The van der Waals surface area contributed by atoms with Gasteiger partial charge in [0.05, 0.1) is 7.11 Å². The van der Waals surface area contributed by atoms with Crippen molar-refractivity contribution in [2.24, 2.45) is 0 Å². The Morgan fingerprint density at radius 1 is 1.18 bits per heavy atom. The van der Waals surface area contributed by atoms with Crippen molar-refractivity contribution in [3.8, 4) is 0 Å². The number of aromatic nitrogens is 1. The molecule has 0 fully saturated rings. The van der Waals surface area contributed by atoms with Gasteiger partial charge in [-0.2, -0.15) is 0 Å². The van der Waals surface area contributed by atoms with Gasteiger partial charge in [-0.15, -0.1) is 0 Å². The average molecular weight is 299 g/mol. The Morgan fingerprint density at radius 2 is 1.91 bits per heavy atom. The number of fused-ring (bicyclic) bond motifs is 3. The lowest BCUT2D eigenvalue weighted by Crippen LogP contribution is -2.09. The predicted molar refractivity (Wildman–Crippen MR) is 88.6 cm³/mol. The highest BCUT2D eigenvalue weighted by Gasteiger charge is 2.24. The van der Waals surface area contributed by atoms with E-state index in [0.717, 1.165) is 37.8 Å². The van der Waals surface area contributed by atoms with Gasteiger partial charge in [0.15, 0.2) is 0 Å². The number of aryl methyl sites for hydroxylation is 2. The topological polar surface area (TPSA) is 30.7 Å². The summed E-state index contributed by atoms with van der Waals surface area (Å²) in [5, 5.41) is 0. The second kappa shape index (κ2) is 6.55. The molecule has 0 aliphatic heterocycles. The molecule has 2 aromatic heterocycles. The number of nitrogens with zero attached hydrogens (tertiary/aromatic N) is 1. The summed E-state index contributed by atoms with van der Waals surface area (Å²) in [6.07, 6.45) is 11.3. The molecular formula is C19H25NO2. The molecule has 0 radical (unpaired) electrons. The molecule has 2 aromatic rings. The summed E-state index contributed by atoms with van der Waals surface area (Å²) in [6, 6.07) is 4.41. The summed E-state index contributed by atoms with van der Waals surface area (Å²) in [7, 11) is 1.47. The molecule has 118 valence electrons. The molecule has 0 bridgehead atoms. The maximum Gasteiger partial charge on any atom is 0.355 e. The molecule has 0 unspecified atom stereocenters. The van der Waals surface area contributed by atoms with Crippen LogP contribution in [0.15, 0.2) is 18.3 Å². The van der Waals surface area contributed by atoms with E-state index in [-0.39, 0.29) is 5.97 Å². The minimum atomic E-state index is -0.208. The van der Waals surface area contributed by atoms with Crippen LogP contribution in [0.3, 0.4) is 0 Å². The highest BCUT2D eigenvalue weighted by Crippen LogP contribution is 2.30. The van der Waals surface area contributed by atoms with Crippen molar-refractivity contribution in [3.63, 3.8) is 0 Å². The molecule has 3 nitrogen and oxygen atoms in total. The molecular weight excluding hydrogens is 274 g/mol. The molecule has 0 amide bonds. The standard InChI is InChI=1S/C19H25NO2/c1-3-8-14-11-12-20-17(13-14)15-9-6-4-5-7-10-16(15)18(20)19(21)22-2/h11-13H,3-10H2,1-2H3. The Hall–Kier alpha value is -1.77. The third kappa shape index (κ3) is 2.65. The van der Waals surface area contributed by atoms with E-state index < -0.39 is 0 Å². The second-order valence-corrected chi connectivity index (χ2v) is 6.25. The minimum Gasteiger partial charge on any atom is -0.464 e. The molecule has 0 saturated heterocycles. The third-order valence-corrected chi connectivity index (χ3v) is 4.74.